The third-order valence-corrected chi connectivity index (χ3v) is 3.77. The molecule has 1 unspecified atom stereocenters. The Morgan fingerprint density at radius 3 is 2.58 bits per heavy atom. The third kappa shape index (κ3) is 3.77. The molecule has 104 valence electrons. The van der Waals surface area contributed by atoms with E-state index in [9.17, 15) is 9.18 Å². The lowest BCUT2D eigenvalue weighted by Crippen LogP contribution is -2.37. The van der Waals surface area contributed by atoms with E-state index in [1.54, 1.807) is 12.1 Å². The quantitative estimate of drug-likeness (QED) is 0.828. The molecular formula is C15H21FN2O. The summed E-state index contributed by atoms with van der Waals surface area (Å²) in [6.45, 7) is 0.673. The summed E-state index contributed by atoms with van der Waals surface area (Å²) < 4.78 is 13.0. The summed E-state index contributed by atoms with van der Waals surface area (Å²) in [4.78, 5) is 11.9. The Kier molecular flexibility index (Phi) is 4.91. The third-order valence-electron chi connectivity index (χ3n) is 3.77. The van der Waals surface area contributed by atoms with E-state index in [4.69, 9.17) is 0 Å². The molecule has 1 aliphatic rings. The van der Waals surface area contributed by atoms with E-state index in [2.05, 4.69) is 10.6 Å². The van der Waals surface area contributed by atoms with Gasteiger partial charge in [0.2, 0.25) is 5.91 Å². The second-order valence-corrected chi connectivity index (χ2v) is 5.14. The van der Waals surface area contributed by atoms with E-state index < -0.39 is 0 Å². The number of carbonyl (C=O) groups is 1. The first kappa shape index (κ1) is 14.0. The Hall–Kier alpha value is -1.42. The molecule has 0 spiro atoms. The largest absolute Gasteiger partial charge is 0.349 e. The zero-order valence-electron chi connectivity index (χ0n) is 11.3. The molecule has 1 atom stereocenters. The highest BCUT2D eigenvalue weighted by Gasteiger charge is 2.29. The fourth-order valence-electron chi connectivity index (χ4n) is 2.40. The van der Waals surface area contributed by atoms with Crippen LogP contribution in [0.3, 0.4) is 0 Å². The van der Waals surface area contributed by atoms with Gasteiger partial charge in [-0.3, -0.25) is 4.79 Å². The zero-order chi connectivity index (χ0) is 13.7. The average molecular weight is 264 g/mol. The number of halogens is 1. The van der Waals surface area contributed by atoms with Gasteiger partial charge in [0.25, 0.3) is 0 Å². The van der Waals surface area contributed by atoms with Gasteiger partial charge >= 0.3 is 0 Å². The Morgan fingerprint density at radius 1 is 1.37 bits per heavy atom. The molecule has 1 aromatic carbocycles. The number of hydrogen-bond acceptors (Lipinski definition) is 2. The molecule has 3 nitrogen and oxygen atoms in total. The fraction of sp³-hybridized carbons (Fsp3) is 0.533. The Bertz CT molecular complexity index is 415. The molecule has 4 heteroatoms. The molecule has 0 aliphatic heterocycles. The first-order valence-electron chi connectivity index (χ1n) is 6.90. The maximum absolute atomic E-state index is 13.0. The van der Waals surface area contributed by atoms with Crippen LogP contribution in [0.5, 0.6) is 0 Å². The minimum Gasteiger partial charge on any atom is -0.349 e. The van der Waals surface area contributed by atoms with Crippen LogP contribution in [0.25, 0.3) is 0 Å². The summed E-state index contributed by atoms with van der Waals surface area (Å²) in [6.07, 6.45) is 3.96. The highest BCUT2D eigenvalue weighted by Crippen LogP contribution is 2.37. The van der Waals surface area contributed by atoms with Crippen molar-refractivity contribution in [1.82, 2.24) is 10.6 Å². The van der Waals surface area contributed by atoms with Crippen LogP contribution >= 0.6 is 0 Å². The average Bonchev–Trinajstić information content (AvgIpc) is 2.34. The van der Waals surface area contributed by atoms with Gasteiger partial charge in [-0.05, 0) is 43.5 Å². The predicted molar refractivity (Wildman–Crippen MR) is 73.2 cm³/mol. The lowest BCUT2D eigenvalue weighted by atomic mass is 9.77. The first-order valence-corrected chi connectivity index (χ1v) is 6.90. The molecular weight excluding hydrogens is 243 g/mol. The summed E-state index contributed by atoms with van der Waals surface area (Å²) in [5.41, 5.74) is 1.00. The topological polar surface area (TPSA) is 41.1 Å². The number of rotatable bonds is 6. The number of hydrogen-bond donors (Lipinski definition) is 2. The van der Waals surface area contributed by atoms with Crippen molar-refractivity contribution in [1.29, 1.82) is 0 Å². The van der Waals surface area contributed by atoms with Crippen molar-refractivity contribution in [3.05, 3.63) is 35.6 Å². The number of benzene rings is 1. The maximum atomic E-state index is 13.0. The summed E-state index contributed by atoms with van der Waals surface area (Å²) in [5.74, 6) is 0.303. The molecule has 19 heavy (non-hydrogen) atoms. The van der Waals surface area contributed by atoms with Crippen molar-refractivity contribution < 1.29 is 9.18 Å². The van der Waals surface area contributed by atoms with E-state index in [1.807, 2.05) is 7.05 Å². The molecule has 1 aliphatic carbocycles. The van der Waals surface area contributed by atoms with Crippen molar-refractivity contribution >= 4 is 5.91 Å². The van der Waals surface area contributed by atoms with Crippen molar-refractivity contribution in [2.24, 2.45) is 5.92 Å². The van der Waals surface area contributed by atoms with Gasteiger partial charge in [0.15, 0.2) is 0 Å². The van der Waals surface area contributed by atoms with E-state index in [0.717, 1.165) is 18.4 Å². The second kappa shape index (κ2) is 6.66. The zero-order valence-corrected chi connectivity index (χ0v) is 11.3. The molecule has 2 rings (SSSR count). The minimum atomic E-state index is -0.238. The molecule has 0 bridgehead atoms. The van der Waals surface area contributed by atoms with Crippen molar-refractivity contribution in [2.45, 2.75) is 31.7 Å². The van der Waals surface area contributed by atoms with Crippen LogP contribution in [-0.2, 0) is 4.79 Å². The Labute approximate surface area is 113 Å². The van der Waals surface area contributed by atoms with Crippen LogP contribution in [0.4, 0.5) is 4.39 Å². The normalized spacial score (nSPS) is 16.7. The predicted octanol–water partition coefficient (Wildman–Crippen LogP) is 2.39. The van der Waals surface area contributed by atoms with Crippen LogP contribution in [0, 0.1) is 11.7 Å². The molecule has 2 N–H and O–H groups in total. The highest BCUT2D eigenvalue weighted by molar-refractivity contribution is 5.76. The second-order valence-electron chi connectivity index (χ2n) is 5.14. The van der Waals surface area contributed by atoms with Crippen LogP contribution in [-0.4, -0.2) is 19.5 Å². The van der Waals surface area contributed by atoms with E-state index in [1.165, 1.54) is 18.6 Å². The minimum absolute atomic E-state index is 0.0266. The smallest absolute Gasteiger partial charge is 0.221 e. The number of nitrogens with one attached hydrogen (secondary N) is 2. The van der Waals surface area contributed by atoms with Crippen molar-refractivity contribution in [2.75, 3.05) is 13.6 Å². The van der Waals surface area contributed by atoms with Gasteiger partial charge < -0.3 is 10.6 Å². The molecule has 1 amide bonds. The van der Waals surface area contributed by atoms with Gasteiger partial charge in [-0.15, -0.1) is 0 Å². The molecule has 0 aromatic heterocycles. The fourth-order valence-corrected chi connectivity index (χ4v) is 2.40. The lowest BCUT2D eigenvalue weighted by molar-refractivity contribution is -0.122. The Morgan fingerprint density at radius 2 is 2.05 bits per heavy atom. The van der Waals surface area contributed by atoms with Gasteiger partial charge in [0.05, 0.1) is 6.04 Å². The molecule has 0 saturated heterocycles. The van der Waals surface area contributed by atoms with Gasteiger partial charge in [-0.25, -0.2) is 4.39 Å². The van der Waals surface area contributed by atoms with Crippen LogP contribution < -0.4 is 10.6 Å². The molecule has 1 aromatic rings. The number of carbonyl (C=O) groups excluding carboxylic acids is 1. The Balaban J connectivity index is 2.03. The van der Waals surface area contributed by atoms with E-state index in [-0.39, 0.29) is 17.8 Å². The van der Waals surface area contributed by atoms with Gasteiger partial charge in [0.1, 0.15) is 5.82 Å². The molecule has 1 saturated carbocycles. The number of amides is 1. The van der Waals surface area contributed by atoms with Crippen LogP contribution in [0.2, 0.25) is 0 Å². The van der Waals surface area contributed by atoms with E-state index >= 15 is 0 Å². The standard InChI is InChI=1S/C15H21FN2O/c1-17-10-9-14(19)18-15(11-3-2-4-11)12-5-7-13(16)8-6-12/h5-8,11,15,17H,2-4,9-10H2,1H3,(H,18,19). The van der Waals surface area contributed by atoms with Crippen LogP contribution in [0.1, 0.15) is 37.3 Å². The molecule has 1 fully saturated rings. The highest BCUT2D eigenvalue weighted by atomic mass is 19.1. The molecule has 0 heterocycles. The van der Waals surface area contributed by atoms with Gasteiger partial charge in [-0.2, -0.15) is 0 Å². The summed E-state index contributed by atoms with van der Waals surface area (Å²) in [5, 5.41) is 6.05. The molecule has 0 radical (unpaired) electrons. The summed E-state index contributed by atoms with van der Waals surface area (Å²) in [7, 11) is 1.83. The van der Waals surface area contributed by atoms with Crippen molar-refractivity contribution in [3.63, 3.8) is 0 Å². The summed E-state index contributed by atoms with van der Waals surface area (Å²) in [6, 6.07) is 6.49. The van der Waals surface area contributed by atoms with Gasteiger partial charge in [-0.1, -0.05) is 18.6 Å². The lowest BCUT2D eigenvalue weighted by Gasteiger charge is -2.34. The van der Waals surface area contributed by atoms with Gasteiger partial charge in [0, 0.05) is 13.0 Å². The van der Waals surface area contributed by atoms with Crippen molar-refractivity contribution in [3.8, 4) is 0 Å². The van der Waals surface area contributed by atoms with E-state index in [0.29, 0.717) is 18.9 Å². The SMILES string of the molecule is CNCCC(=O)NC(c1ccc(F)cc1)C1CCC1. The first-order chi connectivity index (χ1) is 9.20. The monoisotopic (exact) mass is 264 g/mol. The summed E-state index contributed by atoms with van der Waals surface area (Å²) >= 11 is 0. The van der Waals surface area contributed by atoms with Crippen LogP contribution in [0.15, 0.2) is 24.3 Å². The maximum Gasteiger partial charge on any atom is 0.221 e.